The van der Waals surface area contributed by atoms with Crippen molar-refractivity contribution in [3.05, 3.63) is 41.9 Å². The van der Waals surface area contributed by atoms with E-state index in [1.807, 2.05) is 31.2 Å². The van der Waals surface area contributed by atoms with Gasteiger partial charge in [0.15, 0.2) is 5.65 Å². The third-order valence-electron chi connectivity index (χ3n) is 4.36. The minimum absolute atomic E-state index is 0.129. The fourth-order valence-corrected chi connectivity index (χ4v) is 3.03. The molecule has 1 fully saturated rings. The Labute approximate surface area is 150 Å². The maximum absolute atomic E-state index is 12.7. The van der Waals surface area contributed by atoms with Gasteiger partial charge in [-0.2, -0.15) is 5.10 Å². The number of hydrogen-bond donors (Lipinski definition) is 1. The molecule has 1 N–H and O–H groups in total. The van der Waals surface area contributed by atoms with Gasteiger partial charge in [-0.05, 0) is 24.6 Å². The second-order valence-electron chi connectivity index (χ2n) is 6.30. The number of ether oxygens (including phenoxy) is 1. The van der Waals surface area contributed by atoms with Crippen molar-refractivity contribution in [3.63, 3.8) is 0 Å². The van der Waals surface area contributed by atoms with Gasteiger partial charge in [-0.25, -0.2) is 9.97 Å². The molecule has 134 valence electrons. The predicted octanol–water partition coefficient (Wildman–Crippen LogP) is 1.76. The van der Waals surface area contributed by atoms with E-state index in [4.69, 9.17) is 4.74 Å². The Kier molecular flexibility index (Phi) is 4.26. The summed E-state index contributed by atoms with van der Waals surface area (Å²) in [6.45, 7) is 4.69. The Morgan fingerprint density at radius 2 is 2.04 bits per heavy atom. The molecular weight excluding hydrogens is 332 g/mol. The first-order chi connectivity index (χ1) is 12.6. The highest BCUT2D eigenvalue weighted by Gasteiger charge is 2.22. The molecule has 26 heavy (non-hydrogen) atoms. The topological polar surface area (TPSA) is 85.2 Å². The Hall–Kier alpha value is -3.00. The van der Waals surface area contributed by atoms with Crippen LogP contribution in [0.2, 0.25) is 0 Å². The highest BCUT2D eigenvalue weighted by atomic mass is 16.5. The number of aromatic nitrogens is 4. The van der Waals surface area contributed by atoms with Crippen LogP contribution in [-0.2, 0) is 11.8 Å². The van der Waals surface area contributed by atoms with Crippen LogP contribution in [0.15, 0.2) is 30.5 Å². The van der Waals surface area contributed by atoms with E-state index in [1.54, 1.807) is 17.9 Å². The molecule has 0 unspecified atom stereocenters. The van der Waals surface area contributed by atoms with Crippen molar-refractivity contribution in [2.75, 3.05) is 36.5 Å². The molecular formula is C18H20N6O2. The van der Waals surface area contributed by atoms with Gasteiger partial charge >= 0.3 is 0 Å². The summed E-state index contributed by atoms with van der Waals surface area (Å²) in [5.74, 6) is 0.512. The number of carbonyl (C=O) groups excluding carboxylic acids is 1. The summed E-state index contributed by atoms with van der Waals surface area (Å²) >= 11 is 0. The molecule has 0 saturated carbocycles. The zero-order chi connectivity index (χ0) is 18.1. The number of aryl methyl sites for hydroxylation is 2. The van der Waals surface area contributed by atoms with Crippen LogP contribution < -0.4 is 10.2 Å². The molecule has 0 bridgehead atoms. The van der Waals surface area contributed by atoms with E-state index < -0.39 is 0 Å². The lowest BCUT2D eigenvalue weighted by atomic mass is 10.2. The number of benzene rings is 1. The summed E-state index contributed by atoms with van der Waals surface area (Å²) in [5.41, 5.74) is 2.42. The van der Waals surface area contributed by atoms with E-state index in [2.05, 4.69) is 25.3 Å². The quantitative estimate of drug-likeness (QED) is 0.773. The Morgan fingerprint density at radius 3 is 2.81 bits per heavy atom. The molecule has 3 heterocycles. The number of nitrogens with one attached hydrogen (secondary N) is 1. The van der Waals surface area contributed by atoms with Crippen molar-refractivity contribution in [2.24, 2.45) is 7.05 Å². The van der Waals surface area contributed by atoms with E-state index in [-0.39, 0.29) is 11.7 Å². The van der Waals surface area contributed by atoms with E-state index in [0.29, 0.717) is 18.9 Å². The van der Waals surface area contributed by atoms with Gasteiger partial charge in [0.05, 0.1) is 24.8 Å². The minimum atomic E-state index is -0.340. The number of amides is 1. The van der Waals surface area contributed by atoms with Crippen LogP contribution in [0.4, 0.5) is 11.5 Å². The Morgan fingerprint density at radius 1 is 1.23 bits per heavy atom. The zero-order valence-electron chi connectivity index (χ0n) is 14.8. The minimum Gasteiger partial charge on any atom is -0.378 e. The molecule has 0 radical (unpaired) electrons. The zero-order valence-corrected chi connectivity index (χ0v) is 14.8. The lowest BCUT2D eigenvalue weighted by molar-refractivity contribution is 0.101. The van der Waals surface area contributed by atoms with Gasteiger partial charge in [-0.15, -0.1) is 0 Å². The summed E-state index contributed by atoms with van der Waals surface area (Å²) in [4.78, 5) is 23.8. The fourth-order valence-electron chi connectivity index (χ4n) is 3.03. The fraction of sp³-hybridized carbons (Fsp3) is 0.333. The van der Waals surface area contributed by atoms with E-state index in [1.165, 1.54) is 0 Å². The van der Waals surface area contributed by atoms with Crippen molar-refractivity contribution in [3.8, 4) is 0 Å². The van der Waals surface area contributed by atoms with Gasteiger partial charge in [0, 0.05) is 25.8 Å². The first kappa shape index (κ1) is 16.5. The maximum Gasteiger partial charge on any atom is 0.293 e. The second kappa shape index (κ2) is 6.72. The molecule has 1 saturated heterocycles. The highest BCUT2D eigenvalue weighted by molar-refractivity contribution is 6.03. The van der Waals surface area contributed by atoms with Crippen LogP contribution in [0.3, 0.4) is 0 Å². The first-order valence-electron chi connectivity index (χ1n) is 8.52. The van der Waals surface area contributed by atoms with Crippen LogP contribution >= 0.6 is 0 Å². The average Bonchev–Trinajstić information content (AvgIpc) is 3.03. The van der Waals surface area contributed by atoms with Crippen molar-refractivity contribution in [1.29, 1.82) is 0 Å². The Balaban J connectivity index is 1.72. The maximum atomic E-state index is 12.7. The van der Waals surface area contributed by atoms with Crippen molar-refractivity contribution in [2.45, 2.75) is 6.92 Å². The van der Waals surface area contributed by atoms with Gasteiger partial charge in [-0.1, -0.05) is 12.1 Å². The third-order valence-corrected chi connectivity index (χ3v) is 4.36. The molecule has 0 aliphatic carbocycles. The predicted molar refractivity (Wildman–Crippen MR) is 98.5 cm³/mol. The van der Waals surface area contributed by atoms with Crippen LogP contribution in [0, 0.1) is 6.92 Å². The highest BCUT2D eigenvalue weighted by Crippen LogP contribution is 2.24. The molecule has 8 nitrogen and oxygen atoms in total. The van der Waals surface area contributed by atoms with Crippen LogP contribution in [0.5, 0.6) is 0 Å². The summed E-state index contributed by atoms with van der Waals surface area (Å²) in [6.07, 6.45) is 1.74. The van der Waals surface area contributed by atoms with Gasteiger partial charge in [-0.3, -0.25) is 9.48 Å². The molecule has 4 rings (SSSR count). The summed E-state index contributed by atoms with van der Waals surface area (Å²) in [7, 11) is 1.81. The van der Waals surface area contributed by atoms with Gasteiger partial charge in [0.25, 0.3) is 5.91 Å². The summed E-state index contributed by atoms with van der Waals surface area (Å²) < 4.78 is 7.08. The number of rotatable bonds is 3. The molecule has 1 aliphatic rings. The van der Waals surface area contributed by atoms with Gasteiger partial charge in [0.1, 0.15) is 5.82 Å². The second-order valence-corrected chi connectivity index (χ2v) is 6.30. The summed E-state index contributed by atoms with van der Waals surface area (Å²) in [6, 6.07) is 7.62. The smallest absolute Gasteiger partial charge is 0.293 e. The first-order valence-corrected chi connectivity index (χ1v) is 8.52. The van der Waals surface area contributed by atoms with Crippen LogP contribution in [0.1, 0.15) is 16.2 Å². The molecule has 0 atom stereocenters. The Bertz CT molecular complexity index is 961. The van der Waals surface area contributed by atoms with Crippen molar-refractivity contribution in [1.82, 2.24) is 19.7 Å². The number of fused-ring (bicyclic) bond motifs is 1. The van der Waals surface area contributed by atoms with Crippen LogP contribution in [-0.4, -0.2) is 52.0 Å². The average molecular weight is 352 g/mol. The van der Waals surface area contributed by atoms with Crippen molar-refractivity contribution < 1.29 is 9.53 Å². The van der Waals surface area contributed by atoms with E-state index in [0.717, 1.165) is 35.5 Å². The number of nitrogens with zero attached hydrogens (tertiary/aromatic N) is 5. The molecule has 2 aromatic heterocycles. The lowest BCUT2D eigenvalue weighted by Gasteiger charge is -2.28. The van der Waals surface area contributed by atoms with Gasteiger partial charge in [0.2, 0.25) is 5.82 Å². The van der Waals surface area contributed by atoms with E-state index in [9.17, 15) is 4.79 Å². The number of carbonyl (C=O) groups is 1. The SMILES string of the molecule is Cc1cccc(NC(=O)c2nc(N3CCOCC3)c3cnn(C)c3n2)c1. The normalized spacial score (nSPS) is 14.6. The van der Waals surface area contributed by atoms with E-state index >= 15 is 0 Å². The number of hydrogen-bond acceptors (Lipinski definition) is 6. The van der Waals surface area contributed by atoms with Crippen molar-refractivity contribution >= 4 is 28.4 Å². The number of anilines is 2. The molecule has 8 heteroatoms. The van der Waals surface area contributed by atoms with Gasteiger partial charge < -0.3 is 15.0 Å². The largest absolute Gasteiger partial charge is 0.378 e. The third kappa shape index (κ3) is 3.11. The molecule has 1 amide bonds. The summed E-state index contributed by atoms with van der Waals surface area (Å²) in [5, 5.41) is 7.98. The molecule has 1 aliphatic heterocycles. The monoisotopic (exact) mass is 352 g/mol. The van der Waals surface area contributed by atoms with Crippen LogP contribution in [0.25, 0.3) is 11.0 Å². The number of morpholine rings is 1. The lowest BCUT2D eigenvalue weighted by Crippen LogP contribution is -2.37. The molecule has 1 aromatic carbocycles. The standard InChI is InChI=1S/C18H20N6O2/c1-12-4-3-5-13(10-12)20-18(25)15-21-16-14(11-19-23(16)2)17(22-15)24-6-8-26-9-7-24/h3-5,10-11H,6-9H2,1-2H3,(H,20,25). The molecule has 3 aromatic rings. The molecule has 0 spiro atoms.